The van der Waals surface area contributed by atoms with Gasteiger partial charge in [0.25, 0.3) is 0 Å². The van der Waals surface area contributed by atoms with Crippen LogP contribution in [0.1, 0.15) is 19.3 Å². The van der Waals surface area contributed by atoms with Crippen molar-refractivity contribution in [2.75, 3.05) is 7.05 Å². The van der Waals surface area contributed by atoms with E-state index in [1.54, 1.807) is 0 Å². The van der Waals surface area contributed by atoms with Crippen LogP contribution >= 0.6 is 0 Å². The van der Waals surface area contributed by atoms with Gasteiger partial charge in [0.05, 0.1) is 18.0 Å². The Morgan fingerprint density at radius 2 is 2.42 bits per heavy atom. The number of nitriles is 1. The van der Waals surface area contributed by atoms with E-state index in [4.69, 9.17) is 5.26 Å². The van der Waals surface area contributed by atoms with Gasteiger partial charge in [0, 0.05) is 12.5 Å². The van der Waals surface area contributed by atoms with Crippen LogP contribution in [0.2, 0.25) is 0 Å². The summed E-state index contributed by atoms with van der Waals surface area (Å²) in [5.74, 6) is 0.216. The molecule has 3 nitrogen and oxygen atoms in total. The molecule has 0 spiro atoms. The molecule has 2 fully saturated rings. The van der Waals surface area contributed by atoms with Gasteiger partial charge in [-0.2, -0.15) is 5.26 Å². The summed E-state index contributed by atoms with van der Waals surface area (Å²) >= 11 is 0. The van der Waals surface area contributed by atoms with E-state index in [9.17, 15) is 4.79 Å². The Morgan fingerprint density at radius 1 is 1.67 bits per heavy atom. The highest BCUT2D eigenvalue weighted by Gasteiger charge is 2.46. The maximum absolute atomic E-state index is 11.4. The van der Waals surface area contributed by atoms with E-state index in [0.717, 1.165) is 12.8 Å². The van der Waals surface area contributed by atoms with Crippen molar-refractivity contribution in [1.29, 1.82) is 5.26 Å². The fourth-order valence-corrected chi connectivity index (χ4v) is 2.45. The number of carbonyl (C=O) groups is 1. The van der Waals surface area contributed by atoms with Crippen molar-refractivity contribution in [3.05, 3.63) is 0 Å². The van der Waals surface area contributed by atoms with Crippen LogP contribution in [-0.2, 0) is 4.79 Å². The minimum absolute atomic E-state index is 0.0463. The van der Waals surface area contributed by atoms with Gasteiger partial charge in [-0.3, -0.25) is 9.69 Å². The number of hydrogen-bond acceptors (Lipinski definition) is 3. The number of carbonyl (C=O) groups excluding carboxylic acids is 1. The van der Waals surface area contributed by atoms with Gasteiger partial charge < -0.3 is 0 Å². The predicted molar refractivity (Wildman–Crippen MR) is 43.3 cm³/mol. The number of fused-ring (bicyclic) bond motifs is 2. The highest BCUT2D eigenvalue weighted by atomic mass is 16.1. The first-order valence-corrected chi connectivity index (χ1v) is 4.38. The molecule has 0 aromatic carbocycles. The first kappa shape index (κ1) is 7.75. The zero-order chi connectivity index (χ0) is 8.72. The van der Waals surface area contributed by atoms with Crippen molar-refractivity contribution >= 4 is 5.78 Å². The normalized spacial score (nSPS) is 41.3. The molecule has 2 rings (SSSR count). The molecular formula is C9H12N2O. The summed E-state index contributed by atoms with van der Waals surface area (Å²) in [6, 6.07) is 2.63. The number of nitrogens with zero attached hydrogens (tertiary/aromatic N) is 2. The summed E-state index contributed by atoms with van der Waals surface area (Å²) in [4.78, 5) is 13.5. The van der Waals surface area contributed by atoms with E-state index in [0.29, 0.717) is 12.5 Å². The van der Waals surface area contributed by atoms with Crippen LogP contribution in [0.4, 0.5) is 0 Å². The maximum atomic E-state index is 11.4. The summed E-state index contributed by atoms with van der Waals surface area (Å²) in [6.45, 7) is 0. The van der Waals surface area contributed by atoms with Crippen LogP contribution in [-0.4, -0.2) is 29.8 Å². The molecule has 0 aromatic rings. The smallest absolute Gasteiger partial charge is 0.151 e. The zero-order valence-electron chi connectivity index (χ0n) is 7.16. The molecule has 0 saturated carbocycles. The van der Waals surface area contributed by atoms with Crippen LogP contribution in [0.5, 0.6) is 0 Å². The molecule has 64 valence electrons. The topological polar surface area (TPSA) is 44.1 Å². The standard InChI is InChI=1S/C9H12N2O/c1-11-7-2-3-8(12)9(11)6(4-7)5-10/h6-7,9H,2-4H2,1H3/t6-,7+,9+/m0/s1. The second kappa shape index (κ2) is 2.56. The molecule has 2 heterocycles. The van der Waals surface area contributed by atoms with Gasteiger partial charge in [-0.15, -0.1) is 0 Å². The van der Waals surface area contributed by atoms with E-state index < -0.39 is 0 Å². The van der Waals surface area contributed by atoms with Gasteiger partial charge >= 0.3 is 0 Å². The Hall–Kier alpha value is -0.880. The minimum Gasteiger partial charge on any atom is -0.298 e. The third-order valence-electron chi connectivity index (χ3n) is 3.14. The van der Waals surface area contributed by atoms with E-state index in [1.807, 2.05) is 7.05 Å². The average molecular weight is 164 g/mol. The average Bonchev–Trinajstić information content (AvgIpc) is 2.26. The number of hydrogen-bond donors (Lipinski definition) is 0. The van der Waals surface area contributed by atoms with Gasteiger partial charge in [-0.05, 0) is 19.9 Å². The first-order chi connectivity index (χ1) is 5.74. The highest BCUT2D eigenvalue weighted by Crippen LogP contribution is 2.35. The Balaban J connectivity index is 2.28. The van der Waals surface area contributed by atoms with Crippen LogP contribution in [0.15, 0.2) is 0 Å². The van der Waals surface area contributed by atoms with Gasteiger partial charge in [-0.1, -0.05) is 0 Å². The number of Topliss-reactive ketones (excluding diaryl/α,β-unsaturated/α-hetero) is 1. The van der Waals surface area contributed by atoms with E-state index in [1.165, 1.54) is 0 Å². The van der Waals surface area contributed by atoms with Crippen LogP contribution in [0, 0.1) is 17.2 Å². The molecule has 2 aliphatic rings. The minimum atomic E-state index is -0.0891. The summed E-state index contributed by atoms with van der Waals surface area (Å²) in [5.41, 5.74) is 0. The second-order valence-corrected chi connectivity index (χ2v) is 3.74. The quantitative estimate of drug-likeness (QED) is 0.525. The summed E-state index contributed by atoms with van der Waals surface area (Å²) in [6.07, 6.45) is 2.52. The van der Waals surface area contributed by atoms with Crippen molar-refractivity contribution in [1.82, 2.24) is 4.90 Å². The van der Waals surface area contributed by atoms with Gasteiger partial charge in [-0.25, -0.2) is 0 Å². The molecule has 0 aliphatic carbocycles. The molecule has 0 radical (unpaired) electrons. The molecule has 0 N–H and O–H groups in total. The van der Waals surface area contributed by atoms with Gasteiger partial charge in [0.1, 0.15) is 0 Å². The number of rotatable bonds is 0. The van der Waals surface area contributed by atoms with Crippen molar-refractivity contribution in [3.8, 4) is 6.07 Å². The monoisotopic (exact) mass is 164 g/mol. The number of piperidine rings is 1. The number of likely N-dealkylation sites (N-methyl/N-ethyl adjacent to an activating group) is 1. The molecule has 3 heteroatoms. The largest absolute Gasteiger partial charge is 0.298 e. The Morgan fingerprint density at radius 3 is 3.08 bits per heavy atom. The molecule has 2 aliphatic heterocycles. The van der Waals surface area contributed by atoms with Crippen molar-refractivity contribution in [2.45, 2.75) is 31.3 Å². The lowest BCUT2D eigenvalue weighted by Gasteiger charge is -2.29. The molecule has 2 saturated heterocycles. The molecule has 2 bridgehead atoms. The molecular weight excluding hydrogens is 152 g/mol. The maximum Gasteiger partial charge on any atom is 0.151 e. The van der Waals surface area contributed by atoms with Crippen molar-refractivity contribution in [3.63, 3.8) is 0 Å². The van der Waals surface area contributed by atoms with Crippen molar-refractivity contribution in [2.24, 2.45) is 5.92 Å². The summed E-state index contributed by atoms with van der Waals surface area (Å²) in [7, 11) is 1.96. The van der Waals surface area contributed by atoms with Crippen LogP contribution in [0.3, 0.4) is 0 Å². The molecule has 3 atom stereocenters. The van der Waals surface area contributed by atoms with E-state index >= 15 is 0 Å². The van der Waals surface area contributed by atoms with Crippen LogP contribution in [0.25, 0.3) is 0 Å². The van der Waals surface area contributed by atoms with Crippen LogP contribution < -0.4 is 0 Å². The predicted octanol–water partition coefficient (Wildman–Crippen LogP) is 0.562. The summed E-state index contributed by atoms with van der Waals surface area (Å²) in [5, 5.41) is 8.82. The third-order valence-corrected chi connectivity index (χ3v) is 3.14. The highest BCUT2D eigenvalue weighted by molar-refractivity contribution is 5.86. The fraction of sp³-hybridized carbons (Fsp3) is 0.778. The lowest BCUT2D eigenvalue weighted by atomic mass is 9.98. The number of ketones is 1. The van der Waals surface area contributed by atoms with E-state index in [2.05, 4.69) is 11.0 Å². The van der Waals surface area contributed by atoms with Gasteiger partial charge in [0.2, 0.25) is 0 Å². The van der Waals surface area contributed by atoms with Gasteiger partial charge in [0.15, 0.2) is 5.78 Å². The SMILES string of the molecule is CN1[C@@H]2CCC(=O)[C@H]1[C@H](C#N)C2. The molecule has 0 aromatic heterocycles. The molecule has 0 unspecified atom stereocenters. The Kier molecular flexibility index (Phi) is 1.66. The third kappa shape index (κ3) is 0.881. The zero-order valence-corrected chi connectivity index (χ0v) is 7.16. The van der Waals surface area contributed by atoms with E-state index in [-0.39, 0.29) is 17.7 Å². The second-order valence-electron chi connectivity index (χ2n) is 3.74. The molecule has 12 heavy (non-hydrogen) atoms. The van der Waals surface area contributed by atoms with Crippen molar-refractivity contribution < 1.29 is 4.79 Å². The molecule has 0 amide bonds. The lowest BCUT2D eigenvalue weighted by Crippen LogP contribution is -2.44. The Bertz CT molecular complexity index is 256. The Labute approximate surface area is 72.0 Å². The lowest BCUT2D eigenvalue weighted by molar-refractivity contribution is -0.126. The summed E-state index contributed by atoms with van der Waals surface area (Å²) < 4.78 is 0. The fourth-order valence-electron chi connectivity index (χ4n) is 2.45. The first-order valence-electron chi connectivity index (χ1n) is 4.38.